The van der Waals surface area contributed by atoms with Gasteiger partial charge in [-0.25, -0.2) is 0 Å². The van der Waals surface area contributed by atoms with Crippen molar-refractivity contribution in [2.24, 2.45) is 18.4 Å². The number of aromatic nitrogens is 2. The van der Waals surface area contributed by atoms with Crippen molar-refractivity contribution in [2.45, 2.75) is 46.0 Å². The summed E-state index contributed by atoms with van der Waals surface area (Å²) in [7, 11) is 2.00. The first-order valence-corrected chi connectivity index (χ1v) is 5.95. The predicted molar refractivity (Wildman–Crippen MR) is 62.7 cm³/mol. The maximum Gasteiger partial charge on any atom is 0.0524 e. The van der Waals surface area contributed by atoms with Gasteiger partial charge in [-0.05, 0) is 42.1 Å². The summed E-state index contributed by atoms with van der Waals surface area (Å²) in [6, 6.07) is 0. The van der Waals surface area contributed by atoms with E-state index >= 15 is 0 Å². The summed E-state index contributed by atoms with van der Waals surface area (Å²) < 4.78 is 1.92. The van der Waals surface area contributed by atoms with Crippen LogP contribution in [0.3, 0.4) is 0 Å². The molecule has 0 N–H and O–H groups in total. The predicted octanol–water partition coefficient (Wildman–Crippen LogP) is 3.35. The van der Waals surface area contributed by atoms with Crippen molar-refractivity contribution in [3.05, 3.63) is 18.0 Å². The molecule has 1 saturated carbocycles. The molecule has 0 saturated heterocycles. The van der Waals surface area contributed by atoms with Gasteiger partial charge in [0.25, 0.3) is 0 Å². The molecule has 15 heavy (non-hydrogen) atoms. The standard InChI is InChI=1S/C13H22N2/c1-13(2,3)12-6-5-10(7-12)11-8-14-15(4)9-11/h8-10,12H,5-7H2,1-4H3. The molecule has 2 unspecified atom stereocenters. The van der Waals surface area contributed by atoms with Gasteiger partial charge in [0.15, 0.2) is 0 Å². The van der Waals surface area contributed by atoms with Crippen molar-refractivity contribution in [1.82, 2.24) is 9.78 Å². The van der Waals surface area contributed by atoms with Gasteiger partial charge in [-0.2, -0.15) is 5.10 Å². The number of rotatable bonds is 1. The van der Waals surface area contributed by atoms with E-state index in [4.69, 9.17) is 0 Å². The minimum atomic E-state index is 0.469. The summed E-state index contributed by atoms with van der Waals surface area (Å²) >= 11 is 0. The second-order valence-electron chi connectivity index (χ2n) is 6.02. The van der Waals surface area contributed by atoms with Crippen LogP contribution in [0.2, 0.25) is 0 Å². The second-order valence-corrected chi connectivity index (χ2v) is 6.02. The zero-order valence-corrected chi connectivity index (χ0v) is 10.3. The minimum absolute atomic E-state index is 0.469. The molecule has 1 aliphatic carbocycles. The molecule has 0 aromatic carbocycles. The lowest BCUT2D eigenvalue weighted by Gasteiger charge is -2.26. The van der Waals surface area contributed by atoms with Gasteiger partial charge in [-0.15, -0.1) is 0 Å². The first-order chi connectivity index (χ1) is 6.97. The van der Waals surface area contributed by atoms with E-state index in [0.717, 1.165) is 11.8 Å². The molecule has 84 valence electrons. The first kappa shape index (κ1) is 10.7. The van der Waals surface area contributed by atoms with Crippen molar-refractivity contribution in [2.75, 3.05) is 0 Å². The van der Waals surface area contributed by atoms with E-state index in [-0.39, 0.29) is 0 Å². The van der Waals surface area contributed by atoms with Gasteiger partial charge in [0.05, 0.1) is 6.20 Å². The normalized spacial score (nSPS) is 27.2. The molecule has 0 radical (unpaired) electrons. The van der Waals surface area contributed by atoms with E-state index < -0.39 is 0 Å². The number of aryl methyl sites for hydroxylation is 1. The Bertz CT molecular complexity index is 333. The van der Waals surface area contributed by atoms with Gasteiger partial charge in [0, 0.05) is 13.2 Å². The van der Waals surface area contributed by atoms with Crippen molar-refractivity contribution in [3.63, 3.8) is 0 Å². The van der Waals surface area contributed by atoms with Gasteiger partial charge < -0.3 is 0 Å². The quantitative estimate of drug-likeness (QED) is 0.689. The Morgan fingerprint density at radius 2 is 2.07 bits per heavy atom. The molecular weight excluding hydrogens is 184 g/mol. The molecule has 0 amide bonds. The molecule has 2 rings (SSSR count). The lowest BCUT2D eigenvalue weighted by Crippen LogP contribution is -2.17. The molecule has 1 fully saturated rings. The monoisotopic (exact) mass is 206 g/mol. The molecule has 2 heteroatoms. The summed E-state index contributed by atoms with van der Waals surface area (Å²) in [5.74, 6) is 1.63. The molecule has 1 aliphatic rings. The largest absolute Gasteiger partial charge is 0.276 e. The van der Waals surface area contributed by atoms with Crippen LogP contribution < -0.4 is 0 Å². The van der Waals surface area contributed by atoms with Crippen LogP contribution in [0.1, 0.15) is 51.5 Å². The maximum atomic E-state index is 4.27. The SMILES string of the molecule is Cn1cc(C2CCC(C(C)(C)C)C2)cn1. The third kappa shape index (κ3) is 2.24. The maximum absolute atomic E-state index is 4.27. The molecule has 2 atom stereocenters. The lowest BCUT2D eigenvalue weighted by atomic mass is 9.79. The Morgan fingerprint density at radius 1 is 1.33 bits per heavy atom. The van der Waals surface area contributed by atoms with Crippen molar-refractivity contribution < 1.29 is 0 Å². The lowest BCUT2D eigenvalue weighted by molar-refractivity contribution is 0.244. The average molecular weight is 206 g/mol. The third-order valence-electron chi connectivity index (χ3n) is 3.85. The van der Waals surface area contributed by atoms with Gasteiger partial charge >= 0.3 is 0 Å². The van der Waals surface area contributed by atoms with Crippen LogP contribution in [-0.2, 0) is 7.05 Å². The molecule has 0 aliphatic heterocycles. The molecule has 2 nitrogen and oxygen atoms in total. The smallest absolute Gasteiger partial charge is 0.0524 e. The first-order valence-electron chi connectivity index (χ1n) is 5.95. The zero-order valence-electron chi connectivity index (χ0n) is 10.3. The van der Waals surface area contributed by atoms with E-state index in [2.05, 4.69) is 32.1 Å². The minimum Gasteiger partial charge on any atom is -0.276 e. The van der Waals surface area contributed by atoms with Crippen LogP contribution in [0.5, 0.6) is 0 Å². The van der Waals surface area contributed by atoms with Crippen LogP contribution in [0.4, 0.5) is 0 Å². The highest BCUT2D eigenvalue weighted by Crippen LogP contribution is 2.45. The fraction of sp³-hybridized carbons (Fsp3) is 0.769. The Morgan fingerprint density at radius 3 is 2.53 bits per heavy atom. The Labute approximate surface area is 92.7 Å². The van der Waals surface area contributed by atoms with Crippen LogP contribution in [0.25, 0.3) is 0 Å². The number of hydrogen-bond acceptors (Lipinski definition) is 1. The Kier molecular flexibility index (Phi) is 2.61. The summed E-state index contributed by atoms with van der Waals surface area (Å²) in [6.45, 7) is 7.09. The zero-order chi connectivity index (χ0) is 11.1. The van der Waals surface area contributed by atoms with E-state index in [0.29, 0.717) is 5.41 Å². The van der Waals surface area contributed by atoms with Crippen LogP contribution >= 0.6 is 0 Å². The van der Waals surface area contributed by atoms with Gasteiger partial charge in [0.2, 0.25) is 0 Å². The fourth-order valence-electron chi connectivity index (χ4n) is 2.72. The van der Waals surface area contributed by atoms with E-state index in [1.54, 1.807) is 0 Å². The molecule has 0 spiro atoms. The molecule has 0 bridgehead atoms. The highest BCUT2D eigenvalue weighted by atomic mass is 15.2. The van der Waals surface area contributed by atoms with Gasteiger partial charge in [-0.3, -0.25) is 4.68 Å². The molecule has 1 heterocycles. The molecule has 1 aromatic heterocycles. The highest BCUT2D eigenvalue weighted by Gasteiger charge is 2.33. The number of hydrogen-bond donors (Lipinski definition) is 0. The van der Waals surface area contributed by atoms with Crippen molar-refractivity contribution in [3.8, 4) is 0 Å². The second kappa shape index (κ2) is 3.66. The molecular formula is C13H22N2. The number of nitrogens with zero attached hydrogens (tertiary/aromatic N) is 2. The van der Waals surface area contributed by atoms with Crippen LogP contribution in [-0.4, -0.2) is 9.78 Å². The Balaban J connectivity index is 2.04. The average Bonchev–Trinajstić information content (AvgIpc) is 2.69. The van der Waals surface area contributed by atoms with Crippen LogP contribution in [0, 0.1) is 11.3 Å². The fourth-order valence-corrected chi connectivity index (χ4v) is 2.72. The van der Waals surface area contributed by atoms with E-state index in [1.807, 2.05) is 17.9 Å². The van der Waals surface area contributed by atoms with Gasteiger partial charge in [0.1, 0.15) is 0 Å². The van der Waals surface area contributed by atoms with E-state index in [9.17, 15) is 0 Å². The highest BCUT2D eigenvalue weighted by molar-refractivity contribution is 5.13. The van der Waals surface area contributed by atoms with Crippen molar-refractivity contribution >= 4 is 0 Å². The third-order valence-corrected chi connectivity index (χ3v) is 3.85. The van der Waals surface area contributed by atoms with Gasteiger partial charge in [-0.1, -0.05) is 20.8 Å². The van der Waals surface area contributed by atoms with E-state index in [1.165, 1.54) is 24.8 Å². The summed E-state index contributed by atoms with van der Waals surface area (Å²) in [5.41, 5.74) is 1.90. The van der Waals surface area contributed by atoms with Crippen molar-refractivity contribution in [1.29, 1.82) is 0 Å². The summed E-state index contributed by atoms with van der Waals surface area (Å²) in [6.07, 6.45) is 8.28. The molecule has 1 aromatic rings. The summed E-state index contributed by atoms with van der Waals surface area (Å²) in [4.78, 5) is 0. The Hall–Kier alpha value is -0.790. The van der Waals surface area contributed by atoms with Crippen LogP contribution in [0.15, 0.2) is 12.4 Å². The topological polar surface area (TPSA) is 17.8 Å². The summed E-state index contributed by atoms with van der Waals surface area (Å²) in [5, 5.41) is 4.27.